The normalized spacial score (nSPS) is 12.2. The Balaban J connectivity index is 1.91. The van der Waals surface area contributed by atoms with Crippen LogP contribution < -0.4 is 5.32 Å². The largest absolute Gasteiger partial charge is 0.444 e. The first-order valence-corrected chi connectivity index (χ1v) is 9.59. The van der Waals surface area contributed by atoms with E-state index in [9.17, 15) is 4.79 Å². The van der Waals surface area contributed by atoms with Crippen molar-refractivity contribution >= 4 is 6.09 Å². The highest BCUT2D eigenvalue weighted by Gasteiger charge is 2.15. The molecule has 0 bridgehead atoms. The van der Waals surface area contributed by atoms with Gasteiger partial charge in [-0.25, -0.2) is 4.79 Å². The Morgan fingerprint density at radius 3 is 2.62 bits per heavy atom. The zero-order chi connectivity index (χ0) is 21.3. The Bertz CT molecular complexity index is 873. The lowest BCUT2D eigenvalue weighted by molar-refractivity contribution is 0.0528. The summed E-state index contributed by atoms with van der Waals surface area (Å²) in [6.07, 6.45) is 7.95. The summed E-state index contributed by atoms with van der Waals surface area (Å²) in [5.41, 5.74) is 2.49. The molecule has 7 heteroatoms. The highest BCUT2D eigenvalue weighted by atomic mass is 16.6. The maximum Gasteiger partial charge on any atom is 0.407 e. The molecule has 1 heterocycles. The molecule has 0 spiro atoms. The van der Waals surface area contributed by atoms with Crippen LogP contribution in [0, 0.1) is 0 Å². The van der Waals surface area contributed by atoms with Gasteiger partial charge in [0.15, 0.2) is 0 Å². The summed E-state index contributed by atoms with van der Waals surface area (Å²) in [6, 6.07) is 7.89. The molecule has 154 valence electrons. The number of hydrogen-bond donors (Lipinski definition) is 1. The summed E-state index contributed by atoms with van der Waals surface area (Å²) in [5.74, 6) is 0.567. The molecular weight excluding hydrogens is 366 g/mol. The van der Waals surface area contributed by atoms with Gasteiger partial charge in [-0.05, 0) is 50.5 Å². The van der Waals surface area contributed by atoms with E-state index in [0.717, 1.165) is 16.7 Å². The average molecular weight is 396 g/mol. The van der Waals surface area contributed by atoms with Gasteiger partial charge in [-0.2, -0.15) is 4.80 Å². The summed E-state index contributed by atoms with van der Waals surface area (Å²) in [7, 11) is 0. The van der Waals surface area contributed by atoms with Crippen molar-refractivity contribution in [2.45, 2.75) is 46.3 Å². The molecule has 0 aliphatic carbocycles. The molecule has 0 unspecified atom stereocenters. The summed E-state index contributed by atoms with van der Waals surface area (Å²) < 4.78 is 5.22. The first-order chi connectivity index (χ1) is 13.8. The molecule has 29 heavy (non-hydrogen) atoms. The minimum atomic E-state index is -0.495. The van der Waals surface area contributed by atoms with Crippen LogP contribution in [0.3, 0.4) is 0 Å². The molecule has 0 atom stereocenters. The lowest BCUT2D eigenvalue weighted by Gasteiger charge is -2.19. The van der Waals surface area contributed by atoms with E-state index in [1.54, 1.807) is 10.9 Å². The molecule has 0 radical (unpaired) electrons. The fourth-order valence-electron chi connectivity index (χ4n) is 2.44. The van der Waals surface area contributed by atoms with E-state index in [0.29, 0.717) is 25.3 Å². The van der Waals surface area contributed by atoms with Crippen LogP contribution in [0.15, 0.2) is 60.7 Å². The number of hydrogen-bond acceptors (Lipinski definition) is 5. The van der Waals surface area contributed by atoms with Crippen LogP contribution in [0.25, 0.3) is 11.4 Å². The number of rotatable bonds is 8. The van der Waals surface area contributed by atoms with Crippen LogP contribution in [-0.4, -0.2) is 38.4 Å². The molecule has 1 aromatic heterocycles. The number of aromatic nitrogens is 4. The van der Waals surface area contributed by atoms with Crippen LogP contribution in [0.4, 0.5) is 4.79 Å². The number of ether oxygens (including phenoxy) is 1. The smallest absolute Gasteiger partial charge is 0.407 e. The zero-order valence-corrected chi connectivity index (χ0v) is 17.6. The van der Waals surface area contributed by atoms with Gasteiger partial charge in [-0.1, -0.05) is 55.1 Å². The van der Waals surface area contributed by atoms with Crippen molar-refractivity contribution in [3.05, 3.63) is 66.3 Å². The minimum Gasteiger partial charge on any atom is -0.444 e. The van der Waals surface area contributed by atoms with E-state index >= 15 is 0 Å². The predicted octanol–water partition coefficient (Wildman–Crippen LogP) is 4.10. The van der Waals surface area contributed by atoms with Gasteiger partial charge >= 0.3 is 6.09 Å². The fourth-order valence-corrected chi connectivity index (χ4v) is 2.44. The second-order valence-electron chi connectivity index (χ2n) is 7.49. The van der Waals surface area contributed by atoms with E-state index in [-0.39, 0.29) is 0 Å². The van der Waals surface area contributed by atoms with E-state index in [2.05, 4.69) is 27.3 Å². The van der Waals surface area contributed by atoms with Crippen LogP contribution in [0.2, 0.25) is 0 Å². The van der Waals surface area contributed by atoms with Gasteiger partial charge in [-0.15, -0.1) is 10.2 Å². The minimum absolute atomic E-state index is 0.405. The molecule has 0 fully saturated rings. The number of alkyl carbamates (subject to hydrolysis) is 1. The highest BCUT2D eigenvalue weighted by Crippen LogP contribution is 2.15. The van der Waals surface area contributed by atoms with Crippen molar-refractivity contribution < 1.29 is 9.53 Å². The molecule has 1 aromatic carbocycles. The molecule has 0 saturated carbocycles. The van der Waals surface area contributed by atoms with Gasteiger partial charge in [0.25, 0.3) is 0 Å². The Hall–Kier alpha value is -3.22. The van der Waals surface area contributed by atoms with Crippen LogP contribution in [0.5, 0.6) is 0 Å². The van der Waals surface area contributed by atoms with Gasteiger partial charge < -0.3 is 10.1 Å². The second kappa shape index (κ2) is 10.4. The van der Waals surface area contributed by atoms with Gasteiger partial charge in [-0.3, -0.25) is 0 Å². The third-order valence-corrected chi connectivity index (χ3v) is 3.84. The number of carbonyl (C=O) groups excluding carboxylic acids is 1. The van der Waals surface area contributed by atoms with Crippen LogP contribution in [-0.2, 0) is 17.7 Å². The lowest BCUT2D eigenvalue weighted by atomic mass is 10.1. The van der Waals surface area contributed by atoms with E-state index in [1.807, 2.05) is 70.2 Å². The van der Waals surface area contributed by atoms with Crippen molar-refractivity contribution in [2.75, 3.05) is 6.54 Å². The van der Waals surface area contributed by atoms with Crippen molar-refractivity contribution in [1.29, 1.82) is 0 Å². The maximum atomic E-state index is 11.7. The number of carbonyl (C=O) groups is 1. The third-order valence-electron chi connectivity index (χ3n) is 3.84. The summed E-state index contributed by atoms with van der Waals surface area (Å²) in [6.45, 7) is 12.3. The first-order valence-electron chi connectivity index (χ1n) is 9.59. The molecule has 2 rings (SSSR count). The summed E-state index contributed by atoms with van der Waals surface area (Å²) in [4.78, 5) is 13.2. The van der Waals surface area contributed by atoms with E-state index in [1.165, 1.54) is 0 Å². The standard InChI is InChI=1S/C22H29N5O2/c1-6-8-9-17(7-2)16-27-25-20(24-26-27)19-12-10-18(11-13-19)14-15-23-21(28)29-22(3,4)5/h6-13H,2,14-16H2,1,3-5H3,(H,23,28)/b8-6-,17-9+. The topological polar surface area (TPSA) is 81.9 Å². The SMILES string of the molecule is C=C/C(=C\C=C/C)Cn1nnc(-c2ccc(CCNC(=O)OC(C)(C)C)cc2)n1. The van der Waals surface area contributed by atoms with Crippen molar-refractivity contribution in [3.8, 4) is 11.4 Å². The van der Waals surface area contributed by atoms with Crippen molar-refractivity contribution in [2.24, 2.45) is 0 Å². The first kappa shape index (κ1) is 22.1. The number of amides is 1. The Morgan fingerprint density at radius 1 is 1.28 bits per heavy atom. The molecular formula is C22H29N5O2. The fraction of sp³-hybridized carbons (Fsp3) is 0.364. The summed E-state index contributed by atoms with van der Waals surface area (Å²) in [5, 5.41) is 15.4. The molecule has 1 N–H and O–H groups in total. The summed E-state index contributed by atoms with van der Waals surface area (Å²) >= 11 is 0. The monoisotopic (exact) mass is 395 g/mol. The molecule has 2 aromatic rings. The third kappa shape index (κ3) is 7.73. The van der Waals surface area contributed by atoms with Gasteiger partial charge in [0.2, 0.25) is 5.82 Å². The molecule has 0 saturated heterocycles. The van der Waals surface area contributed by atoms with Gasteiger partial charge in [0.1, 0.15) is 5.60 Å². The number of tetrazole rings is 1. The second-order valence-corrected chi connectivity index (χ2v) is 7.49. The quantitative estimate of drug-likeness (QED) is 0.681. The number of benzene rings is 1. The van der Waals surface area contributed by atoms with E-state index < -0.39 is 11.7 Å². The Kier molecular flexibility index (Phi) is 7.88. The lowest BCUT2D eigenvalue weighted by Crippen LogP contribution is -2.33. The van der Waals surface area contributed by atoms with Crippen LogP contribution in [0.1, 0.15) is 33.3 Å². The number of nitrogens with one attached hydrogen (secondary N) is 1. The molecule has 0 aliphatic rings. The average Bonchev–Trinajstić information content (AvgIpc) is 3.12. The van der Waals surface area contributed by atoms with Crippen molar-refractivity contribution in [1.82, 2.24) is 25.5 Å². The van der Waals surface area contributed by atoms with Crippen molar-refractivity contribution in [3.63, 3.8) is 0 Å². The zero-order valence-electron chi connectivity index (χ0n) is 17.6. The maximum absolute atomic E-state index is 11.7. The number of nitrogens with zero attached hydrogens (tertiary/aromatic N) is 4. The predicted molar refractivity (Wildman–Crippen MR) is 114 cm³/mol. The van der Waals surface area contributed by atoms with Gasteiger partial charge in [0, 0.05) is 12.1 Å². The highest BCUT2D eigenvalue weighted by molar-refractivity contribution is 5.67. The van der Waals surface area contributed by atoms with E-state index in [4.69, 9.17) is 4.74 Å². The Morgan fingerprint density at radius 2 is 2.00 bits per heavy atom. The molecule has 7 nitrogen and oxygen atoms in total. The Labute approximate surface area is 172 Å². The molecule has 1 amide bonds. The number of allylic oxidation sites excluding steroid dienone is 5. The van der Waals surface area contributed by atoms with Gasteiger partial charge in [0.05, 0.1) is 6.54 Å². The van der Waals surface area contributed by atoms with Crippen LogP contribution >= 0.6 is 0 Å². The molecule has 0 aliphatic heterocycles.